The zero-order chi connectivity index (χ0) is 22.2. The van der Waals surface area contributed by atoms with Crippen LogP contribution in [0.25, 0.3) is 0 Å². The number of ether oxygens (including phenoxy) is 3. The van der Waals surface area contributed by atoms with Crippen molar-refractivity contribution < 1.29 is 14.2 Å². The van der Waals surface area contributed by atoms with Gasteiger partial charge in [-0.3, -0.25) is 4.99 Å². The minimum absolute atomic E-state index is 0.177. The van der Waals surface area contributed by atoms with Crippen LogP contribution in [0.15, 0.2) is 47.5 Å². The first-order valence-corrected chi connectivity index (χ1v) is 10.7. The van der Waals surface area contributed by atoms with E-state index in [4.69, 9.17) is 14.2 Å². The number of aliphatic imine (C=N–C) groups is 1. The van der Waals surface area contributed by atoms with E-state index < -0.39 is 0 Å². The lowest BCUT2D eigenvalue weighted by Gasteiger charge is -2.21. The Labute approximate surface area is 185 Å². The standard InChI is InChI=1S/C24H34N4O3/c1-17(2)31-21-8-6-18(7-9-21)15-26-24(25-3)27-19-10-11-28(16-19)20-12-22(29-4)14-23(13-20)30-5/h6-9,12-14,17,19H,10-11,15-16H2,1-5H3,(H2,25,26,27). The predicted octanol–water partition coefficient (Wildman–Crippen LogP) is 3.43. The number of hydrogen-bond acceptors (Lipinski definition) is 5. The highest BCUT2D eigenvalue weighted by atomic mass is 16.5. The van der Waals surface area contributed by atoms with E-state index >= 15 is 0 Å². The summed E-state index contributed by atoms with van der Waals surface area (Å²) in [6, 6.07) is 14.5. The maximum atomic E-state index is 5.70. The van der Waals surface area contributed by atoms with E-state index in [1.165, 1.54) is 5.56 Å². The van der Waals surface area contributed by atoms with Gasteiger partial charge in [0.2, 0.25) is 0 Å². The van der Waals surface area contributed by atoms with E-state index in [-0.39, 0.29) is 6.10 Å². The van der Waals surface area contributed by atoms with Gasteiger partial charge in [-0.05, 0) is 38.0 Å². The van der Waals surface area contributed by atoms with Gasteiger partial charge in [0.15, 0.2) is 5.96 Å². The van der Waals surface area contributed by atoms with Gasteiger partial charge < -0.3 is 29.7 Å². The van der Waals surface area contributed by atoms with Crippen molar-refractivity contribution in [3.05, 3.63) is 48.0 Å². The Morgan fingerprint density at radius 3 is 2.32 bits per heavy atom. The van der Waals surface area contributed by atoms with Crippen LogP contribution in [0.2, 0.25) is 0 Å². The molecule has 1 saturated heterocycles. The Balaban J connectivity index is 1.52. The molecule has 2 aromatic carbocycles. The summed E-state index contributed by atoms with van der Waals surface area (Å²) in [7, 11) is 5.15. The van der Waals surface area contributed by atoms with E-state index in [0.717, 1.165) is 48.4 Å². The van der Waals surface area contributed by atoms with Gasteiger partial charge in [-0.2, -0.15) is 0 Å². The molecule has 7 heteroatoms. The molecule has 0 radical (unpaired) electrons. The average molecular weight is 427 g/mol. The monoisotopic (exact) mass is 426 g/mol. The van der Waals surface area contributed by atoms with E-state index in [1.807, 2.05) is 44.2 Å². The van der Waals surface area contributed by atoms with Crippen molar-refractivity contribution in [2.75, 3.05) is 39.3 Å². The maximum Gasteiger partial charge on any atom is 0.191 e. The topological polar surface area (TPSA) is 67.4 Å². The minimum atomic E-state index is 0.177. The van der Waals surface area contributed by atoms with Gasteiger partial charge in [0.1, 0.15) is 17.2 Å². The molecule has 2 aromatic rings. The van der Waals surface area contributed by atoms with Crippen LogP contribution < -0.4 is 29.7 Å². The van der Waals surface area contributed by atoms with Crippen molar-refractivity contribution in [3.63, 3.8) is 0 Å². The first kappa shape index (κ1) is 22.6. The molecule has 31 heavy (non-hydrogen) atoms. The molecule has 7 nitrogen and oxygen atoms in total. The number of hydrogen-bond donors (Lipinski definition) is 2. The van der Waals surface area contributed by atoms with Crippen LogP contribution >= 0.6 is 0 Å². The molecule has 3 rings (SSSR count). The molecule has 1 atom stereocenters. The fraction of sp³-hybridized carbons (Fsp3) is 0.458. The lowest BCUT2D eigenvalue weighted by atomic mass is 10.2. The van der Waals surface area contributed by atoms with Crippen LogP contribution in [-0.2, 0) is 6.54 Å². The molecule has 1 unspecified atom stereocenters. The quantitative estimate of drug-likeness (QED) is 0.498. The molecule has 0 amide bonds. The fourth-order valence-electron chi connectivity index (χ4n) is 3.62. The summed E-state index contributed by atoms with van der Waals surface area (Å²) in [6.07, 6.45) is 1.21. The van der Waals surface area contributed by atoms with Crippen molar-refractivity contribution in [2.24, 2.45) is 4.99 Å². The molecular weight excluding hydrogens is 392 g/mol. The molecule has 0 aromatic heterocycles. The summed E-state index contributed by atoms with van der Waals surface area (Å²) in [5.41, 5.74) is 2.28. The highest BCUT2D eigenvalue weighted by molar-refractivity contribution is 5.80. The number of anilines is 1. The Morgan fingerprint density at radius 1 is 1.06 bits per heavy atom. The molecule has 1 fully saturated rings. The summed E-state index contributed by atoms with van der Waals surface area (Å²) < 4.78 is 16.5. The molecule has 168 valence electrons. The van der Waals surface area contributed by atoms with Crippen LogP contribution in [0.5, 0.6) is 17.2 Å². The molecule has 0 saturated carbocycles. The third-order valence-electron chi connectivity index (χ3n) is 5.21. The zero-order valence-corrected chi connectivity index (χ0v) is 19.1. The summed E-state index contributed by atoms with van der Waals surface area (Å²) in [6.45, 7) is 6.60. The Bertz CT molecular complexity index is 845. The van der Waals surface area contributed by atoms with Crippen molar-refractivity contribution in [3.8, 4) is 17.2 Å². The number of rotatable bonds is 8. The van der Waals surface area contributed by atoms with Gasteiger partial charge in [-0.15, -0.1) is 0 Å². The minimum Gasteiger partial charge on any atom is -0.497 e. The Hall–Kier alpha value is -3.09. The summed E-state index contributed by atoms with van der Waals surface area (Å²) in [5, 5.41) is 6.94. The van der Waals surface area contributed by atoms with Crippen molar-refractivity contribution in [2.45, 2.75) is 39.0 Å². The second-order valence-electron chi connectivity index (χ2n) is 7.88. The van der Waals surface area contributed by atoms with Crippen LogP contribution in [-0.4, -0.2) is 52.5 Å². The van der Waals surface area contributed by atoms with Crippen LogP contribution in [0, 0.1) is 0 Å². The number of nitrogens with one attached hydrogen (secondary N) is 2. The van der Waals surface area contributed by atoms with Gasteiger partial charge in [0.05, 0.1) is 20.3 Å². The summed E-state index contributed by atoms with van der Waals surface area (Å²) in [5.74, 6) is 3.29. The van der Waals surface area contributed by atoms with Gasteiger partial charge in [0, 0.05) is 56.6 Å². The number of guanidine groups is 1. The lowest BCUT2D eigenvalue weighted by molar-refractivity contribution is 0.242. The summed E-state index contributed by atoms with van der Waals surface area (Å²) in [4.78, 5) is 6.72. The third kappa shape index (κ3) is 6.44. The molecule has 0 aliphatic carbocycles. The first-order chi connectivity index (χ1) is 15.0. The van der Waals surface area contributed by atoms with Crippen LogP contribution in [0.4, 0.5) is 5.69 Å². The van der Waals surface area contributed by atoms with Crippen molar-refractivity contribution in [1.82, 2.24) is 10.6 Å². The zero-order valence-electron chi connectivity index (χ0n) is 19.1. The predicted molar refractivity (Wildman–Crippen MR) is 126 cm³/mol. The molecule has 1 aliphatic rings. The normalized spacial score (nSPS) is 16.4. The van der Waals surface area contributed by atoms with E-state index in [9.17, 15) is 0 Å². The van der Waals surface area contributed by atoms with Gasteiger partial charge in [0.25, 0.3) is 0 Å². The van der Waals surface area contributed by atoms with Gasteiger partial charge in [-0.25, -0.2) is 0 Å². The summed E-state index contributed by atoms with van der Waals surface area (Å²) >= 11 is 0. The van der Waals surface area contributed by atoms with Crippen molar-refractivity contribution >= 4 is 11.6 Å². The SMILES string of the molecule is CN=C(NCc1ccc(OC(C)C)cc1)NC1CCN(c2cc(OC)cc(OC)c2)C1. The molecule has 0 bridgehead atoms. The van der Waals surface area contributed by atoms with E-state index in [0.29, 0.717) is 12.6 Å². The molecule has 1 aliphatic heterocycles. The molecule has 1 heterocycles. The first-order valence-electron chi connectivity index (χ1n) is 10.7. The number of methoxy groups -OCH3 is 2. The molecule has 2 N–H and O–H groups in total. The van der Waals surface area contributed by atoms with Crippen LogP contribution in [0.3, 0.4) is 0 Å². The average Bonchev–Trinajstić information content (AvgIpc) is 3.25. The van der Waals surface area contributed by atoms with Gasteiger partial charge in [-0.1, -0.05) is 12.1 Å². The van der Waals surface area contributed by atoms with E-state index in [2.05, 4.69) is 32.7 Å². The number of benzene rings is 2. The fourth-order valence-corrected chi connectivity index (χ4v) is 3.62. The number of nitrogens with zero attached hydrogens (tertiary/aromatic N) is 2. The highest BCUT2D eigenvalue weighted by Crippen LogP contribution is 2.30. The smallest absolute Gasteiger partial charge is 0.191 e. The highest BCUT2D eigenvalue weighted by Gasteiger charge is 2.24. The molecular formula is C24H34N4O3. The Kier molecular flexibility index (Phi) is 7.87. The maximum absolute atomic E-state index is 5.70. The van der Waals surface area contributed by atoms with Crippen molar-refractivity contribution in [1.29, 1.82) is 0 Å². The second-order valence-corrected chi connectivity index (χ2v) is 7.88. The van der Waals surface area contributed by atoms with Gasteiger partial charge >= 0.3 is 0 Å². The lowest BCUT2D eigenvalue weighted by Crippen LogP contribution is -2.44. The molecule has 0 spiro atoms. The largest absolute Gasteiger partial charge is 0.497 e. The van der Waals surface area contributed by atoms with Crippen LogP contribution in [0.1, 0.15) is 25.8 Å². The second kappa shape index (κ2) is 10.8. The Morgan fingerprint density at radius 2 is 1.74 bits per heavy atom. The van der Waals surface area contributed by atoms with E-state index in [1.54, 1.807) is 21.3 Å². The third-order valence-corrected chi connectivity index (χ3v) is 5.21.